The van der Waals surface area contributed by atoms with Crippen LogP contribution in [0.25, 0.3) is 11.0 Å². The molecule has 0 amide bonds. The molecule has 6 nitrogen and oxygen atoms in total. The predicted octanol–water partition coefficient (Wildman–Crippen LogP) is 2.75. The molecule has 2 aromatic rings. The van der Waals surface area contributed by atoms with E-state index in [1.54, 1.807) is 7.05 Å². The Hall–Kier alpha value is -2.50. The molecule has 1 heterocycles. The molecule has 1 aromatic heterocycles. The predicted molar refractivity (Wildman–Crippen MR) is 95.0 cm³/mol. The third kappa shape index (κ3) is 4.75. The summed E-state index contributed by atoms with van der Waals surface area (Å²) in [7, 11) is 1.69. The number of esters is 1. The fourth-order valence-corrected chi connectivity index (χ4v) is 2.38. The number of nitrogens with zero attached hydrogens (tertiary/aromatic N) is 1. The second kappa shape index (κ2) is 8.38. The van der Waals surface area contributed by atoms with Crippen LogP contribution in [0, 0.1) is 6.92 Å². The fourth-order valence-electron chi connectivity index (χ4n) is 2.38. The number of ether oxygens (including phenoxy) is 1. The van der Waals surface area contributed by atoms with Gasteiger partial charge in [0, 0.05) is 24.5 Å². The topological polar surface area (TPSA) is 75.9 Å². The molecule has 24 heavy (non-hydrogen) atoms. The highest BCUT2D eigenvalue weighted by Gasteiger charge is 2.10. The second-order valence-electron chi connectivity index (χ2n) is 5.79. The molecule has 0 aliphatic rings. The highest BCUT2D eigenvalue weighted by Crippen LogP contribution is 2.24. The van der Waals surface area contributed by atoms with Crippen molar-refractivity contribution < 1.29 is 13.9 Å². The first kappa shape index (κ1) is 17.8. The highest BCUT2D eigenvalue weighted by molar-refractivity contribution is 5.83. The van der Waals surface area contributed by atoms with Gasteiger partial charge in [-0.25, -0.2) is 0 Å². The van der Waals surface area contributed by atoms with E-state index in [0.29, 0.717) is 25.5 Å². The summed E-state index contributed by atoms with van der Waals surface area (Å²) in [5.41, 5.74) is 2.00. The molecule has 2 N–H and O–H groups in total. The van der Waals surface area contributed by atoms with E-state index in [9.17, 15) is 4.79 Å². The van der Waals surface area contributed by atoms with Crippen molar-refractivity contribution in [3.05, 3.63) is 35.6 Å². The van der Waals surface area contributed by atoms with E-state index in [4.69, 9.17) is 9.15 Å². The minimum absolute atomic E-state index is 0.0917. The van der Waals surface area contributed by atoms with Crippen molar-refractivity contribution in [1.29, 1.82) is 0 Å². The van der Waals surface area contributed by atoms with Gasteiger partial charge in [-0.05, 0) is 26.8 Å². The summed E-state index contributed by atoms with van der Waals surface area (Å²) in [6.45, 7) is 6.70. The first-order chi connectivity index (χ1) is 11.5. The van der Waals surface area contributed by atoms with Crippen molar-refractivity contribution in [2.45, 2.75) is 39.8 Å². The Morgan fingerprint density at radius 3 is 2.71 bits per heavy atom. The molecule has 0 aliphatic heterocycles. The molecular formula is C18H25N3O3. The van der Waals surface area contributed by atoms with Crippen LogP contribution in [0.15, 0.2) is 33.7 Å². The second-order valence-corrected chi connectivity index (χ2v) is 5.79. The third-order valence-corrected chi connectivity index (χ3v) is 3.57. The summed E-state index contributed by atoms with van der Waals surface area (Å²) in [4.78, 5) is 15.7. The van der Waals surface area contributed by atoms with Gasteiger partial charge in [-0.2, -0.15) is 0 Å². The van der Waals surface area contributed by atoms with Crippen LogP contribution in [0.2, 0.25) is 0 Å². The number of carbonyl (C=O) groups excluding carboxylic acids is 1. The minimum Gasteiger partial charge on any atom is -0.463 e. The number of benzene rings is 1. The van der Waals surface area contributed by atoms with Gasteiger partial charge in [-0.1, -0.05) is 18.2 Å². The van der Waals surface area contributed by atoms with Crippen molar-refractivity contribution in [3.63, 3.8) is 0 Å². The lowest BCUT2D eigenvalue weighted by Gasteiger charge is -2.12. The summed E-state index contributed by atoms with van der Waals surface area (Å²) in [6, 6.07) is 7.96. The molecule has 6 heteroatoms. The Labute approximate surface area is 142 Å². The number of aryl methyl sites for hydroxylation is 1. The summed E-state index contributed by atoms with van der Waals surface area (Å²) < 4.78 is 11.0. The summed E-state index contributed by atoms with van der Waals surface area (Å²) in [5.74, 6) is 1.27. The number of hydrogen-bond donors (Lipinski definition) is 2. The lowest BCUT2D eigenvalue weighted by molar-refractivity contribution is -0.147. The first-order valence-corrected chi connectivity index (χ1v) is 8.12. The SMILES string of the molecule is CN=C(NCCC(=O)OC(C)C)NCc1oc2ccccc2c1C. The van der Waals surface area contributed by atoms with Crippen molar-refractivity contribution in [3.8, 4) is 0 Å². The number of nitrogens with one attached hydrogen (secondary N) is 2. The number of carbonyl (C=O) groups is 1. The number of para-hydroxylation sites is 1. The van der Waals surface area contributed by atoms with Gasteiger partial charge in [0.15, 0.2) is 5.96 Å². The largest absolute Gasteiger partial charge is 0.463 e. The van der Waals surface area contributed by atoms with Crippen LogP contribution < -0.4 is 10.6 Å². The summed E-state index contributed by atoms with van der Waals surface area (Å²) in [6.07, 6.45) is 0.203. The van der Waals surface area contributed by atoms with E-state index in [1.165, 1.54) is 0 Å². The Morgan fingerprint density at radius 2 is 2.04 bits per heavy atom. The van der Waals surface area contributed by atoms with Gasteiger partial charge in [0.2, 0.25) is 0 Å². The molecule has 2 rings (SSSR count). The normalized spacial score (nSPS) is 11.8. The van der Waals surface area contributed by atoms with E-state index < -0.39 is 0 Å². The van der Waals surface area contributed by atoms with Gasteiger partial charge in [0.05, 0.1) is 19.1 Å². The highest BCUT2D eigenvalue weighted by atomic mass is 16.5. The van der Waals surface area contributed by atoms with Gasteiger partial charge in [-0.3, -0.25) is 9.79 Å². The van der Waals surface area contributed by atoms with Gasteiger partial charge >= 0.3 is 5.97 Å². The van der Waals surface area contributed by atoms with E-state index in [2.05, 4.69) is 15.6 Å². The van der Waals surface area contributed by atoms with Gasteiger partial charge in [0.25, 0.3) is 0 Å². The van der Waals surface area contributed by atoms with Gasteiger partial charge < -0.3 is 19.8 Å². The molecule has 0 atom stereocenters. The molecule has 0 bridgehead atoms. The zero-order valence-electron chi connectivity index (χ0n) is 14.7. The summed E-state index contributed by atoms with van der Waals surface area (Å²) >= 11 is 0. The average molecular weight is 331 g/mol. The Morgan fingerprint density at radius 1 is 1.29 bits per heavy atom. The van der Waals surface area contributed by atoms with Crippen molar-refractivity contribution in [2.75, 3.05) is 13.6 Å². The molecule has 0 fully saturated rings. The van der Waals surface area contributed by atoms with Gasteiger partial charge in [0.1, 0.15) is 11.3 Å². The monoisotopic (exact) mass is 331 g/mol. The van der Waals surface area contributed by atoms with Crippen molar-refractivity contribution in [2.24, 2.45) is 4.99 Å². The van der Waals surface area contributed by atoms with Crippen LogP contribution in [-0.2, 0) is 16.1 Å². The molecule has 0 saturated heterocycles. The fraction of sp³-hybridized carbons (Fsp3) is 0.444. The van der Waals surface area contributed by atoms with Gasteiger partial charge in [-0.15, -0.1) is 0 Å². The van der Waals surface area contributed by atoms with Crippen LogP contribution in [0.4, 0.5) is 0 Å². The van der Waals surface area contributed by atoms with Crippen LogP contribution in [0.1, 0.15) is 31.6 Å². The standard InChI is InChI=1S/C18H25N3O3/c1-12(2)23-17(22)9-10-20-18(19-4)21-11-16-13(3)14-7-5-6-8-15(14)24-16/h5-8,12H,9-11H2,1-4H3,(H2,19,20,21). The zero-order valence-corrected chi connectivity index (χ0v) is 14.7. The Balaban J connectivity index is 1.85. The third-order valence-electron chi connectivity index (χ3n) is 3.57. The zero-order chi connectivity index (χ0) is 17.5. The molecular weight excluding hydrogens is 306 g/mol. The summed E-state index contributed by atoms with van der Waals surface area (Å²) in [5, 5.41) is 7.41. The molecule has 0 saturated carbocycles. The number of furan rings is 1. The number of fused-ring (bicyclic) bond motifs is 1. The molecule has 130 valence electrons. The quantitative estimate of drug-likeness (QED) is 0.483. The van der Waals surface area contributed by atoms with Crippen molar-refractivity contribution in [1.82, 2.24) is 10.6 Å². The lowest BCUT2D eigenvalue weighted by Crippen LogP contribution is -2.38. The van der Waals surface area contributed by atoms with Crippen LogP contribution >= 0.6 is 0 Å². The van der Waals surface area contributed by atoms with E-state index >= 15 is 0 Å². The van der Waals surface area contributed by atoms with Crippen LogP contribution in [-0.4, -0.2) is 31.6 Å². The minimum atomic E-state index is -0.221. The smallest absolute Gasteiger partial charge is 0.307 e. The average Bonchev–Trinajstić information content (AvgIpc) is 2.86. The Bertz CT molecular complexity index is 719. The van der Waals surface area contributed by atoms with Crippen LogP contribution in [0.3, 0.4) is 0 Å². The number of rotatable bonds is 6. The molecule has 0 aliphatic carbocycles. The van der Waals surface area contributed by atoms with E-state index in [0.717, 1.165) is 22.3 Å². The van der Waals surface area contributed by atoms with Crippen molar-refractivity contribution >= 4 is 22.9 Å². The van der Waals surface area contributed by atoms with E-state index in [1.807, 2.05) is 45.0 Å². The maximum Gasteiger partial charge on any atom is 0.307 e. The Kier molecular flexibility index (Phi) is 6.23. The van der Waals surface area contributed by atoms with Crippen LogP contribution in [0.5, 0.6) is 0 Å². The molecule has 0 radical (unpaired) electrons. The lowest BCUT2D eigenvalue weighted by atomic mass is 10.1. The number of guanidine groups is 1. The number of hydrogen-bond acceptors (Lipinski definition) is 4. The number of aliphatic imine (C=N–C) groups is 1. The first-order valence-electron chi connectivity index (χ1n) is 8.12. The molecule has 0 spiro atoms. The maximum absolute atomic E-state index is 11.5. The molecule has 0 unspecified atom stereocenters. The molecule has 1 aromatic carbocycles. The maximum atomic E-state index is 11.5. The van der Waals surface area contributed by atoms with E-state index in [-0.39, 0.29) is 12.1 Å².